The van der Waals surface area contributed by atoms with Crippen LogP contribution < -0.4 is 0 Å². The van der Waals surface area contributed by atoms with Gasteiger partial charge in [0.25, 0.3) is 0 Å². The third-order valence-corrected chi connectivity index (χ3v) is 6.20. The normalized spacial score (nSPS) is 18.1. The molecule has 1 aliphatic rings. The van der Waals surface area contributed by atoms with E-state index >= 15 is 0 Å². The summed E-state index contributed by atoms with van der Waals surface area (Å²) in [6, 6.07) is 13.2. The molecule has 30 heavy (non-hydrogen) atoms. The molecule has 1 atom stereocenters. The summed E-state index contributed by atoms with van der Waals surface area (Å²) in [6.07, 6.45) is 7.17. The van der Waals surface area contributed by atoms with Crippen LogP contribution in [0.3, 0.4) is 0 Å². The van der Waals surface area contributed by atoms with Gasteiger partial charge in [-0.1, -0.05) is 35.5 Å². The first-order chi connectivity index (χ1) is 14.6. The molecule has 1 aliphatic heterocycles. The maximum absolute atomic E-state index is 13.1. The van der Waals surface area contributed by atoms with E-state index in [0.29, 0.717) is 28.9 Å². The zero-order valence-corrected chi connectivity index (χ0v) is 17.8. The van der Waals surface area contributed by atoms with Crippen LogP contribution in [-0.2, 0) is 17.8 Å². The molecule has 0 saturated carbocycles. The summed E-state index contributed by atoms with van der Waals surface area (Å²) < 4.78 is 5.43. The van der Waals surface area contributed by atoms with Crippen LogP contribution in [0.2, 0.25) is 5.02 Å². The third kappa shape index (κ3) is 4.80. The Morgan fingerprint density at radius 2 is 2.10 bits per heavy atom. The molecule has 0 radical (unpaired) electrons. The number of hydrogen-bond acceptors (Lipinski definition) is 6. The minimum absolute atomic E-state index is 0.0223. The minimum atomic E-state index is -0.298. The fraction of sp³-hybridized carbons (Fsp3) is 0.182. The lowest BCUT2D eigenvalue weighted by Crippen LogP contribution is -2.32. The van der Waals surface area contributed by atoms with Crippen LogP contribution in [0.4, 0.5) is 0 Å². The first-order valence-corrected chi connectivity index (χ1v) is 10.6. The summed E-state index contributed by atoms with van der Waals surface area (Å²) in [7, 11) is 0. The lowest BCUT2D eigenvalue weighted by Gasteiger charge is -2.14. The number of carbonyl (C=O) groups excluding carboxylic acids is 1. The van der Waals surface area contributed by atoms with Gasteiger partial charge in [0, 0.05) is 17.4 Å². The van der Waals surface area contributed by atoms with Crippen molar-refractivity contribution in [1.82, 2.24) is 9.88 Å². The van der Waals surface area contributed by atoms with Gasteiger partial charge >= 0.3 is 0 Å². The van der Waals surface area contributed by atoms with Crippen LogP contribution in [-0.4, -0.2) is 32.4 Å². The van der Waals surface area contributed by atoms with Crippen molar-refractivity contribution in [2.24, 2.45) is 10.2 Å². The number of nitrogens with zero attached hydrogens (tertiary/aromatic N) is 4. The van der Waals surface area contributed by atoms with E-state index in [1.807, 2.05) is 43.3 Å². The van der Waals surface area contributed by atoms with Crippen LogP contribution in [0.25, 0.3) is 0 Å². The van der Waals surface area contributed by atoms with Gasteiger partial charge in [0.15, 0.2) is 5.17 Å². The first-order valence-electron chi connectivity index (χ1n) is 9.36. The molecule has 0 unspecified atom stereocenters. The van der Waals surface area contributed by atoms with Crippen molar-refractivity contribution in [3.63, 3.8) is 0 Å². The molecule has 0 bridgehead atoms. The average Bonchev–Trinajstić information content (AvgIpc) is 3.36. The van der Waals surface area contributed by atoms with Crippen molar-refractivity contribution >= 4 is 40.7 Å². The van der Waals surface area contributed by atoms with Crippen molar-refractivity contribution in [3.8, 4) is 0 Å². The number of rotatable bonds is 6. The van der Waals surface area contributed by atoms with E-state index in [2.05, 4.69) is 15.2 Å². The Kier molecular flexibility index (Phi) is 6.30. The number of pyridine rings is 1. The number of benzene rings is 1. The second-order valence-electron chi connectivity index (χ2n) is 6.81. The second kappa shape index (κ2) is 9.28. The minimum Gasteiger partial charge on any atom is -0.467 e. The summed E-state index contributed by atoms with van der Waals surface area (Å²) >= 11 is 7.66. The van der Waals surface area contributed by atoms with Gasteiger partial charge in [-0.25, -0.2) is 0 Å². The SMILES string of the molecule is Cc1ccc(C[C@H]2S/C(=N\N=C/c3ccncc3)N(Cc3ccco3)C2=O)cc1Cl. The molecule has 0 aliphatic carbocycles. The second-order valence-corrected chi connectivity index (χ2v) is 8.38. The van der Waals surface area contributed by atoms with Crippen LogP contribution >= 0.6 is 23.4 Å². The Labute approximate surface area is 183 Å². The van der Waals surface area contributed by atoms with Crippen molar-refractivity contribution < 1.29 is 9.21 Å². The predicted molar refractivity (Wildman–Crippen MR) is 120 cm³/mol. The standard InChI is InChI=1S/C22H19ClN4O2S/c1-15-4-5-17(11-19(15)23)12-20-21(28)27(14-18-3-2-10-29-18)22(30-20)26-25-13-16-6-8-24-9-7-16/h2-11,13,20H,12,14H2,1H3/b25-13-,26-22-/t20-/m1/s1. The van der Waals surface area contributed by atoms with Crippen LogP contribution in [0.15, 0.2) is 75.7 Å². The predicted octanol–water partition coefficient (Wildman–Crippen LogP) is 4.71. The molecule has 3 aromatic rings. The number of carbonyl (C=O) groups is 1. The highest BCUT2D eigenvalue weighted by Crippen LogP contribution is 2.32. The zero-order chi connectivity index (χ0) is 20.9. The van der Waals surface area contributed by atoms with E-state index in [-0.39, 0.29) is 11.2 Å². The molecule has 0 spiro atoms. The van der Waals surface area contributed by atoms with Gasteiger partial charge in [0.1, 0.15) is 5.76 Å². The van der Waals surface area contributed by atoms with E-state index in [1.165, 1.54) is 11.8 Å². The molecule has 152 valence electrons. The first kappa shape index (κ1) is 20.4. The Hall–Kier alpha value is -2.90. The lowest BCUT2D eigenvalue weighted by atomic mass is 10.1. The fourth-order valence-corrected chi connectivity index (χ4v) is 4.33. The van der Waals surface area contributed by atoms with E-state index in [1.54, 1.807) is 35.8 Å². The number of furan rings is 1. The maximum Gasteiger partial charge on any atom is 0.242 e. The summed E-state index contributed by atoms with van der Waals surface area (Å²) in [5, 5.41) is 9.44. The summed E-state index contributed by atoms with van der Waals surface area (Å²) in [4.78, 5) is 18.7. The Bertz CT molecular complexity index is 1080. The molecular weight excluding hydrogens is 420 g/mol. The van der Waals surface area contributed by atoms with Crippen molar-refractivity contribution in [3.05, 3.63) is 88.6 Å². The van der Waals surface area contributed by atoms with Gasteiger partial charge in [-0.2, -0.15) is 5.10 Å². The van der Waals surface area contributed by atoms with Gasteiger partial charge in [-0.15, -0.1) is 5.10 Å². The summed E-state index contributed by atoms with van der Waals surface area (Å²) in [6.45, 7) is 2.27. The molecule has 0 N–H and O–H groups in total. The number of amidine groups is 1. The zero-order valence-electron chi connectivity index (χ0n) is 16.2. The van der Waals surface area contributed by atoms with Gasteiger partial charge in [-0.3, -0.25) is 14.7 Å². The van der Waals surface area contributed by atoms with Gasteiger partial charge < -0.3 is 4.42 Å². The molecule has 3 heterocycles. The highest BCUT2D eigenvalue weighted by atomic mass is 35.5. The molecule has 1 aromatic carbocycles. The highest BCUT2D eigenvalue weighted by Gasteiger charge is 2.38. The number of hydrogen-bond donors (Lipinski definition) is 0. The van der Waals surface area contributed by atoms with Gasteiger partial charge in [-0.05, 0) is 60.4 Å². The van der Waals surface area contributed by atoms with Crippen molar-refractivity contribution in [2.45, 2.75) is 25.1 Å². The number of aryl methyl sites for hydroxylation is 1. The molecule has 1 amide bonds. The number of thioether (sulfide) groups is 1. The number of amides is 1. The van der Waals surface area contributed by atoms with Gasteiger partial charge in [0.05, 0.1) is 24.3 Å². The number of halogens is 1. The van der Waals surface area contributed by atoms with Crippen molar-refractivity contribution in [2.75, 3.05) is 0 Å². The summed E-state index contributed by atoms with van der Waals surface area (Å²) in [5.74, 6) is 0.666. The van der Waals surface area contributed by atoms with E-state index in [9.17, 15) is 4.79 Å². The van der Waals surface area contributed by atoms with Gasteiger partial charge in [0.2, 0.25) is 5.91 Å². The van der Waals surface area contributed by atoms with E-state index < -0.39 is 0 Å². The molecule has 2 aromatic heterocycles. The molecule has 1 saturated heterocycles. The molecule has 6 nitrogen and oxygen atoms in total. The summed E-state index contributed by atoms with van der Waals surface area (Å²) in [5.41, 5.74) is 2.90. The van der Waals surface area contributed by atoms with Crippen molar-refractivity contribution in [1.29, 1.82) is 0 Å². The topological polar surface area (TPSA) is 71.1 Å². The molecule has 1 fully saturated rings. The number of aromatic nitrogens is 1. The lowest BCUT2D eigenvalue weighted by molar-refractivity contribution is -0.126. The average molecular weight is 439 g/mol. The molecule has 8 heteroatoms. The molecule has 4 rings (SSSR count). The smallest absolute Gasteiger partial charge is 0.242 e. The third-order valence-electron chi connectivity index (χ3n) is 4.63. The molecular formula is C22H19ClN4O2S. The Morgan fingerprint density at radius 3 is 2.83 bits per heavy atom. The Morgan fingerprint density at radius 1 is 1.27 bits per heavy atom. The van der Waals surface area contributed by atoms with E-state index in [0.717, 1.165) is 16.7 Å². The van der Waals surface area contributed by atoms with Crippen LogP contribution in [0.1, 0.15) is 22.5 Å². The van der Waals surface area contributed by atoms with Crippen LogP contribution in [0, 0.1) is 6.92 Å². The monoisotopic (exact) mass is 438 g/mol. The highest BCUT2D eigenvalue weighted by molar-refractivity contribution is 8.15. The fourth-order valence-electron chi connectivity index (χ4n) is 2.99. The maximum atomic E-state index is 13.1. The Balaban J connectivity index is 1.56. The quantitative estimate of drug-likeness (QED) is 0.412. The largest absolute Gasteiger partial charge is 0.467 e. The van der Waals surface area contributed by atoms with Crippen LogP contribution in [0.5, 0.6) is 0 Å². The van der Waals surface area contributed by atoms with E-state index in [4.69, 9.17) is 16.0 Å².